The van der Waals surface area contributed by atoms with E-state index in [9.17, 15) is 9.59 Å². The summed E-state index contributed by atoms with van der Waals surface area (Å²) in [4.78, 5) is 23.4. The summed E-state index contributed by atoms with van der Waals surface area (Å²) >= 11 is 0. The molecular weight excluding hydrogens is 266 g/mol. The number of nitrogens with one attached hydrogen (secondary N) is 1. The summed E-state index contributed by atoms with van der Waals surface area (Å²) in [5.41, 5.74) is 3.23. The molecule has 0 aliphatic heterocycles. The minimum absolute atomic E-state index is 0.0657. The third-order valence-corrected chi connectivity index (χ3v) is 3.67. The first-order valence-electron chi connectivity index (χ1n) is 7.30. The maximum Gasteiger partial charge on any atom is 0.310 e. The van der Waals surface area contributed by atoms with Crippen molar-refractivity contribution in [2.24, 2.45) is 5.92 Å². The molecule has 1 atom stereocenters. The summed E-state index contributed by atoms with van der Waals surface area (Å²) in [5, 5.41) is 2.80. The van der Waals surface area contributed by atoms with Gasteiger partial charge >= 0.3 is 5.97 Å². The van der Waals surface area contributed by atoms with E-state index in [0.717, 1.165) is 11.1 Å². The molecule has 1 aromatic rings. The summed E-state index contributed by atoms with van der Waals surface area (Å²) in [6.45, 7) is 9.79. The summed E-state index contributed by atoms with van der Waals surface area (Å²) < 4.78 is 5.01. The summed E-state index contributed by atoms with van der Waals surface area (Å²) in [6, 6.07) is 5.92. The lowest BCUT2D eigenvalue weighted by Gasteiger charge is -2.17. The normalized spacial score (nSPS) is 12.1. The van der Waals surface area contributed by atoms with Crippen molar-refractivity contribution in [3.05, 3.63) is 34.9 Å². The Balaban J connectivity index is 2.40. The zero-order chi connectivity index (χ0) is 16.0. The van der Waals surface area contributed by atoms with E-state index in [1.165, 1.54) is 5.56 Å². The average Bonchev–Trinajstić information content (AvgIpc) is 2.40. The number of esters is 1. The summed E-state index contributed by atoms with van der Waals surface area (Å²) in [6.07, 6.45) is 0.189. The maximum absolute atomic E-state index is 11.7. The molecule has 21 heavy (non-hydrogen) atoms. The Morgan fingerprint density at radius 1 is 1.14 bits per heavy atom. The van der Waals surface area contributed by atoms with Gasteiger partial charge < -0.3 is 10.1 Å². The monoisotopic (exact) mass is 291 g/mol. The van der Waals surface area contributed by atoms with E-state index in [-0.39, 0.29) is 30.9 Å². The van der Waals surface area contributed by atoms with Gasteiger partial charge in [0.05, 0.1) is 6.42 Å². The molecule has 0 radical (unpaired) electrons. The van der Waals surface area contributed by atoms with Crippen molar-refractivity contribution in [1.82, 2.24) is 5.32 Å². The molecule has 0 spiro atoms. The Hall–Kier alpha value is -1.84. The van der Waals surface area contributed by atoms with Crippen molar-refractivity contribution in [2.75, 3.05) is 6.61 Å². The highest BCUT2D eigenvalue weighted by Gasteiger charge is 2.13. The van der Waals surface area contributed by atoms with Crippen molar-refractivity contribution in [1.29, 1.82) is 0 Å². The number of amides is 1. The van der Waals surface area contributed by atoms with E-state index in [1.54, 1.807) is 0 Å². The minimum atomic E-state index is -0.384. The molecule has 0 unspecified atom stereocenters. The van der Waals surface area contributed by atoms with E-state index in [1.807, 2.05) is 52.8 Å². The third-order valence-electron chi connectivity index (χ3n) is 3.67. The lowest BCUT2D eigenvalue weighted by Crippen LogP contribution is -2.38. The second kappa shape index (κ2) is 7.81. The zero-order valence-electron chi connectivity index (χ0n) is 13.5. The van der Waals surface area contributed by atoms with Gasteiger partial charge in [0.2, 0.25) is 0 Å². The van der Waals surface area contributed by atoms with Gasteiger partial charge in [0, 0.05) is 6.04 Å². The SMILES string of the molecule is Cc1ccc(CC(=O)OCC(=O)N[C@@H](C)C(C)C)cc1C. The smallest absolute Gasteiger partial charge is 0.310 e. The fourth-order valence-corrected chi connectivity index (χ4v) is 1.74. The fraction of sp³-hybridized carbons (Fsp3) is 0.529. The minimum Gasteiger partial charge on any atom is -0.455 e. The maximum atomic E-state index is 11.7. The molecule has 0 aliphatic rings. The van der Waals surface area contributed by atoms with E-state index in [2.05, 4.69) is 5.32 Å². The molecular formula is C17H25NO3. The van der Waals surface area contributed by atoms with E-state index in [0.29, 0.717) is 5.92 Å². The standard InChI is InChI=1S/C17H25NO3/c1-11(2)14(5)18-16(19)10-21-17(20)9-15-7-6-12(3)13(4)8-15/h6-8,11,14H,9-10H2,1-5H3,(H,18,19)/t14-/m0/s1. The van der Waals surface area contributed by atoms with Crippen molar-refractivity contribution < 1.29 is 14.3 Å². The molecule has 4 nitrogen and oxygen atoms in total. The van der Waals surface area contributed by atoms with Crippen LogP contribution in [0.15, 0.2) is 18.2 Å². The van der Waals surface area contributed by atoms with Gasteiger partial charge in [-0.05, 0) is 43.4 Å². The van der Waals surface area contributed by atoms with Gasteiger partial charge in [0.15, 0.2) is 6.61 Å². The van der Waals surface area contributed by atoms with Crippen molar-refractivity contribution in [3.8, 4) is 0 Å². The molecule has 0 heterocycles. The Morgan fingerprint density at radius 2 is 1.81 bits per heavy atom. The van der Waals surface area contributed by atoms with Crippen LogP contribution in [0.3, 0.4) is 0 Å². The van der Waals surface area contributed by atoms with E-state index in [4.69, 9.17) is 4.74 Å². The van der Waals surface area contributed by atoms with Crippen LogP contribution in [0.25, 0.3) is 0 Å². The molecule has 0 bridgehead atoms. The highest BCUT2D eigenvalue weighted by atomic mass is 16.5. The largest absolute Gasteiger partial charge is 0.455 e. The van der Waals surface area contributed by atoms with Crippen molar-refractivity contribution in [2.45, 2.75) is 47.1 Å². The molecule has 0 fully saturated rings. The van der Waals surface area contributed by atoms with Crippen LogP contribution >= 0.6 is 0 Å². The highest BCUT2D eigenvalue weighted by molar-refractivity contribution is 5.81. The fourth-order valence-electron chi connectivity index (χ4n) is 1.74. The molecule has 1 amide bonds. The van der Waals surface area contributed by atoms with Crippen LogP contribution in [0, 0.1) is 19.8 Å². The Labute approximate surface area is 126 Å². The predicted octanol–water partition coefficient (Wildman–Crippen LogP) is 2.55. The summed E-state index contributed by atoms with van der Waals surface area (Å²) in [7, 11) is 0. The summed E-state index contributed by atoms with van der Waals surface area (Å²) in [5.74, 6) is -0.296. The Morgan fingerprint density at radius 3 is 2.38 bits per heavy atom. The molecule has 1 rings (SSSR count). The van der Waals surface area contributed by atoms with Gasteiger partial charge in [-0.3, -0.25) is 9.59 Å². The molecule has 1 aromatic carbocycles. The van der Waals surface area contributed by atoms with Crippen LogP contribution in [0.5, 0.6) is 0 Å². The number of aryl methyl sites for hydroxylation is 2. The second-order valence-electron chi connectivity index (χ2n) is 5.86. The van der Waals surface area contributed by atoms with Crippen LogP contribution in [-0.2, 0) is 20.7 Å². The Bertz CT molecular complexity index is 509. The molecule has 0 saturated carbocycles. The lowest BCUT2D eigenvalue weighted by molar-refractivity contribution is -0.148. The number of rotatable bonds is 6. The highest BCUT2D eigenvalue weighted by Crippen LogP contribution is 2.10. The van der Waals surface area contributed by atoms with Crippen LogP contribution in [-0.4, -0.2) is 24.5 Å². The molecule has 4 heteroatoms. The van der Waals surface area contributed by atoms with Crippen LogP contribution < -0.4 is 5.32 Å². The zero-order valence-corrected chi connectivity index (χ0v) is 13.5. The second-order valence-corrected chi connectivity index (χ2v) is 5.86. The first-order chi connectivity index (χ1) is 9.79. The molecule has 116 valence electrons. The Kier molecular flexibility index (Phi) is 6.40. The van der Waals surface area contributed by atoms with Crippen LogP contribution in [0.1, 0.15) is 37.5 Å². The van der Waals surface area contributed by atoms with Gasteiger partial charge in [-0.1, -0.05) is 32.0 Å². The van der Waals surface area contributed by atoms with Gasteiger partial charge in [0.1, 0.15) is 0 Å². The number of carbonyl (C=O) groups excluding carboxylic acids is 2. The quantitative estimate of drug-likeness (QED) is 0.820. The van der Waals surface area contributed by atoms with Crippen molar-refractivity contribution in [3.63, 3.8) is 0 Å². The third kappa shape index (κ3) is 5.98. The number of ether oxygens (including phenoxy) is 1. The molecule has 0 aliphatic carbocycles. The average molecular weight is 291 g/mol. The number of hydrogen-bond acceptors (Lipinski definition) is 3. The predicted molar refractivity (Wildman–Crippen MR) is 83.0 cm³/mol. The first-order valence-corrected chi connectivity index (χ1v) is 7.30. The van der Waals surface area contributed by atoms with Crippen LogP contribution in [0.2, 0.25) is 0 Å². The molecule has 0 aromatic heterocycles. The molecule has 0 saturated heterocycles. The molecule has 1 N–H and O–H groups in total. The van der Waals surface area contributed by atoms with Gasteiger partial charge in [-0.15, -0.1) is 0 Å². The number of hydrogen-bond donors (Lipinski definition) is 1. The first kappa shape index (κ1) is 17.2. The van der Waals surface area contributed by atoms with Gasteiger partial charge in [0.25, 0.3) is 5.91 Å². The lowest BCUT2D eigenvalue weighted by atomic mass is 10.0. The van der Waals surface area contributed by atoms with Crippen molar-refractivity contribution >= 4 is 11.9 Å². The van der Waals surface area contributed by atoms with Crippen LogP contribution in [0.4, 0.5) is 0 Å². The number of carbonyl (C=O) groups is 2. The number of benzene rings is 1. The van der Waals surface area contributed by atoms with E-state index >= 15 is 0 Å². The topological polar surface area (TPSA) is 55.4 Å². The van der Waals surface area contributed by atoms with Gasteiger partial charge in [-0.2, -0.15) is 0 Å². The van der Waals surface area contributed by atoms with Gasteiger partial charge in [-0.25, -0.2) is 0 Å². The van der Waals surface area contributed by atoms with E-state index < -0.39 is 0 Å².